The molecule has 16 heavy (non-hydrogen) atoms. The summed E-state index contributed by atoms with van der Waals surface area (Å²) in [5.74, 6) is 0.112. The highest BCUT2D eigenvalue weighted by Crippen LogP contribution is 2.20. The van der Waals surface area contributed by atoms with Gasteiger partial charge in [0.05, 0.1) is 5.52 Å². The lowest BCUT2D eigenvalue weighted by Crippen LogP contribution is -2.18. The minimum atomic E-state index is -0.378. The fourth-order valence-electron chi connectivity index (χ4n) is 1.70. The van der Waals surface area contributed by atoms with Crippen molar-refractivity contribution in [3.63, 3.8) is 0 Å². The zero-order valence-electron chi connectivity index (χ0n) is 9.47. The summed E-state index contributed by atoms with van der Waals surface area (Å²) in [6, 6.07) is 6.14. The van der Waals surface area contributed by atoms with Gasteiger partial charge in [-0.2, -0.15) is 5.10 Å². The van der Waals surface area contributed by atoms with Crippen LogP contribution in [-0.4, -0.2) is 15.7 Å². The van der Waals surface area contributed by atoms with Gasteiger partial charge in [-0.3, -0.25) is 9.48 Å². The zero-order valence-corrected chi connectivity index (χ0v) is 9.47. The van der Waals surface area contributed by atoms with Crippen LogP contribution in [0.2, 0.25) is 0 Å². The van der Waals surface area contributed by atoms with Gasteiger partial charge in [0.2, 0.25) is 5.91 Å². The molecule has 0 aliphatic carbocycles. The van der Waals surface area contributed by atoms with Gasteiger partial charge in [0.1, 0.15) is 6.54 Å². The van der Waals surface area contributed by atoms with Gasteiger partial charge >= 0.3 is 0 Å². The normalized spacial score (nSPS) is 11.2. The van der Waals surface area contributed by atoms with Crippen LogP contribution in [-0.2, 0) is 11.3 Å². The Bertz CT molecular complexity index is 528. The van der Waals surface area contributed by atoms with E-state index in [1.807, 2.05) is 12.3 Å². The van der Waals surface area contributed by atoms with Gasteiger partial charge in [-0.15, -0.1) is 0 Å². The maximum atomic E-state index is 10.8. The van der Waals surface area contributed by atoms with E-state index in [2.05, 4.69) is 31.1 Å². The lowest BCUT2D eigenvalue weighted by Gasteiger charge is -2.03. The molecule has 0 fully saturated rings. The number of hydrogen-bond donors (Lipinski definition) is 1. The van der Waals surface area contributed by atoms with Crippen molar-refractivity contribution in [2.75, 3.05) is 0 Å². The number of nitrogens with zero attached hydrogens (tertiary/aromatic N) is 2. The Morgan fingerprint density at radius 2 is 2.25 bits per heavy atom. The molecule has 0 saturated heterocycles. The number of fused-ring (bicyclic) bond motifs is 1. The molecule has 2 N–H and O–H groups in total. The third-order valence-corrected chi connectivity index (χ3v) is 2.56. The van der Waals surface area contributed by atoms with Gasteiger partial charge in [-0.05, 0) is 23.6 Å². The van der Waals surface area contributed by atoms with E-state index in [4.69, 9.17) is 5.73 Å². The molecule has 84 valence electrons. The van der Waals surface area contributed by atoms with E-state index in [1.54, 1.807) is 4.68 Å². The molecule has 4 nitrogen and oxygen atoms in total. The van der Waals surface area contributed by atoms with Gasteiger partial charge in [0.25, 0.3) is 0 Å². The fourth-order valence-corrected chi connectivity index (χ4v) is 1.70. The minimum Gasteiger partial charge on any atom is -0.368 e. The number of benzene rings is 1. The molecular weight excluding hydrogens is 202 g/mol. The first-order valence-electron chi connectivity index (χ1n) is 5.31. The molecular formula is C12H15N3O. The number of primary amides is 1. The molecule has 0 unspecified atom stereocenters. The predicted molar refractivity (Wildman–Crippen MR) is 63.0 cm³/mol. The second-order valence-corrected chi connectivity index (χ2v) is 4.27. The van der Waals surface area contributed by atoms with Crippen LogP contribution in [0.15, 0.2) is 24.4 Å². The molecule has 0 aliphatic rings. The minimum absolute atomic E-state index is 0.131. The van der Waals surface area contributed by atoms with E-state index in [0.29, 0.717) is 5.92 Å². The van der Waals surface area contributed by atoms with Gasteiger partial charge < -0.3 is 5.73 Å². The standard InChI is InChI=1S/C12H15N3O/c1-8(2)9-3-4-11-10(5-9)6-15(14-11)7-12(13)16/h3-6,8H,7H2,1-2H3,(H2,13,16). The molecule has 1 heterocycles. The van der Waals surface area contributed by atoms with Crippen LogP contribution in [0.3, 0.4) is 0 Å². The Hall–Kier alpha value is -1.84. The van der Waals surface area contributed by atoms with Crippen LogP contribution >= 0.6 is 0 Å². The van der Waals surface area contributed by atoms with E-state index in [1.165, 1.54) is 5.56 Å². The maximum Gasteiger partial charge on any atom is 0.239 e. The van der Waals surface area contributed by atoms with Crippen molar-refractivity contribution >= 4 is 16.8 Å². The second-order valence-electron chi connectivity index (χ2n) is 4.27. The summed E-state index contributed by atoms with van der Waals surface area (Å²) >= 11 is 0. The van der Waals surface area contributed by atoms with Crippen molar-refractivity contribution in [3.8, 4) is 0 Å². The fraction of sp³-hybridized carbons (Fsp3) is 0.333. The Kier molecular flexibility index (Phi) is 2.64. The Morgan fingerprint density at radius 3 is 2.88 bits per heavy atom. The van der Waals surface area contributed by atoms with Crippen molar-refractivity contribution in [2.24, 2.45) is 5.73 Å². The zero-order chi connectivity index (χ0) is 11.7. The molecule has 0 saturated carbocycles. The van der Waals surface area contributed by atoms with Crippen LogP contribution in [0.25, 0.3) is 10.9 Å². The summed E-state index contributed by atoms with van der Waals surface area (Å²) in [6.07, 6.45) is 1.85. The molecule has 0 radical (unpaired) electrons. The SMILES string of the molecule is CC(C)c1ccc2nn(CC(N)=O)cc2c1. The number of aromatic nitrogens is 2. The molecule has 4 heteroatoms. The van der Waals surface area contributed by atoms with Crippen LogP contribution in [0.1, 0.15) is 25.3 Å². The molecule has 1 amide bonds. The van der Waals surface area contributed by atoms with Crippen LogP contribution < -0.4 is 5.73 Å². The highest BCUT2D eigenvalue weighted by molar-refractivity contribution is 5.80. The lowest BCUT2D eigenvalue weighted by molar-refractivity contribution is -0.118. The quantitative estimate of drug-likeness (QED) is 0.849. The summed E-state index contributed by atoms with van der Waals surface area (Å²) in [5.41, 5.74) is 7.29. The summed E-state index contributed by atoms with van der Waals surface area (Å²) in [4.78, 5) is 10.8. The predicted octanol–water partition coefficient (Wildman–Crippen LogP) is 1.65. The Balaban J connectivity index is 2.41. The number of hydrogen-bond acceptors (Lipinski definition) is 2. The first-order chi connectivity index (χ1) is 7.56. The number of amides is 1. The molecule has 0 aliphatic heterocycles. The molecule has 1 aromatic heterocycles. The number of nitrogens with two attached hydrogens (primary N) is 1. The molecule has 2 rings (SSSR count). The maximum absolute atomic E-state index is 10.8. The second kappa shape index (κ2) is 3.96. The van der Waals surface area contributed by atoms with E-state index in [-0.39, 0.29) is 12.5 Å². The van der Waals surface area contributed by atoms with Crippen LogP contribution in [0.4, 0.5) is 0 Å². The average Bonchev–Trinajstić information content (AvgIpc) is 2.56. The van der Waals surface area contributed by atoms with Gasteiger partial charge in [0.15, 0.2) is 0 Å². The smallest absolute Gasteiger partial charge is 0.239 e. The van der Waals surface area contributed by atoms with Crippen LogP contribution in [0, 0.1) is 0 Å². The molecule has 0 atom stereocenters. The van der Waals surface area contributed by atoms with Gasteiger partial charge in [0, 0.05) is 11.6 Å². The number of carbonyl (C=O) groups is 1. The van der Waals surface area contributed by atoms with Gasteiger partial charge in [-0.25, -0.2) is 0 Å². The first-order valence-corrected chi connectivity index (χ1v) is 5.31. The lowest BCUT2D eigenvalue weighted by atomic mass is 10.0. The third-order valence-electron chi connectivity index (χ3n) is 2.56. The summed E-state index contributed by atoms with van der Waals surface area (Å²) in [6.45, 7) is 4.43. The Labute approximate surface area is 94.0 Å². The summed E-state index contributed by atoms with van der Waals surface area (Å²) < 4.78 is 1.58. The topological polar surface area (TPSA) is 60.9 Å². The molecule has 0 bridgehead atoms. The van der Waals surface area contributed by atoms with E-state index in [0.717, 1.165) is 10.9 Å². The van der Waals surface area contributed by atoms with Crippen molar-refractivity contribution in [2.45, 2.75) is 26.3 Å². The van der Waals surface area contributed by atoms with E-state index >= 15 is 0 Å². The van der Waals surface area contributed by atoms with Crippen molar-refractivity contribution < 1.29 is 4.79 Å². The summed E-state index contributed by atoms with van der Waals surface area (Å²) in [7, 11) is 0. The summed E-state index contributed by atoms with van der Waals surface area (Å²) in [5, 5.41) is 5.32. The van der Waals surface area contributed by atoms with Crippen molar-refractivity contribution in [3.05, 3.63) is 30.0 Å². The average molecular weight is 217 g/mol. The van der Waals surface area contributed by atoms with E-state index in [9.17, 15) is 4.79 Å². The van der Waals surface area contributed by atoms with Crippen LogP contribution in [0.5, 0.6) is 0 Å². The molecule has 1 aromatic carbocycles. The largest absolute Gasteiger partial charge is 0.368 e. The van der Waals surface area contributed by atoms with Gasteiger partial charge in [-0.1, -0.05) is 19.9 Å². The highest BCUT2D eigenvalue weighted by Gasteiger charge is 2.05. The molecule has 0 spiro atoms. The molecule has 2 aromatic rings. The third kappa shape index (κ3) is 2.05. The van der Waals surface area contributed by atoms with Crippen molar-refractivity contribution in [1.29, 1.82) is 0 Å². The van der Waals surface area contributed by atoms with E-state index < -0.39 is 0 Å². The highest BCUT2D eigenvalue weighted by atomic mass is 16.1. The monoisotopic (exact) mass is 217 g/mol. The number of rotatable bonds is 3. The Morgan fingerprint density at radius 1 is 1.50 bits per heavy atom. The van der Waals surface area contributed by atoms with Crippen molar-refractivity contribution in [1.82, 2.24) is 9.78 Å². The first kappa shape index (κ1) is 10.7. The number of carbonyl (C=O) groups excluding carboxylic acids is 1.